The zero-order chi connectivity index (χ0) is 22.1. The number of nitrogens with one attached hydrogen (secondary N) is 1. The molecule has 0 aromatic carbocycles. The van der Waals surface area contributed by atoms with E-state index in [0.717, 1.165) is 16.2 Å². The predicted octanol–water partition coefficient (Wildman–Crippen LogP) is 0.00510. The van der Waals surface area contributed by atoms with Crippen molar-refractivity contribution in [1.82, 2.24) is 20.2 Å². The number of sulfonamides is 1. The van der Waals surface area contributed by atoms with Crippen LogP contribution in [0, 0.1) is 0 Å². The molecule has 0 saturated carbocycles. The highest BCUT2D eigenvalue weighted by molar-refractivity contribution is 7.98. The Morgan fingerprint density at radius 1 is 1.37 bits per heavy atom. The Balaban J connectivity index is 1.80. The van der Waals surface area contributed by atoms with Gasteiger partial charge in [0.15, 0.2) is 0 Å². The second-order valence-corrected chi connectivity index (χ2v) is 9.83. The quantitative estimate of drug-likeness (QED) is 0.490. The van der Waals surface area contributed by atoms with Crippen LogP contribution in [-0.4, -0.2) is 71.1 Å². The van der Waals surface area contributed by atoms with E-state index in [4.69, 9.17) is 5.14 Å². The number of rotatable bonds is 6. The van der Waals surface area contributed by atoms with Crippen molar-refractivity contribution in [3.8, 4) is 0 Å². The third-order valence-electron chi connectivity index (χ3n) is 4.35. The minimum Gasteiger partial charge on any atom is -0.480 e. The van der Waals surface area contributed by atoms with Gasteiger partial charge in [-0.25, -0.2) is 23.3 Å². The van der Waals surface area contributed by atoms with Crippen LogP contribution in [-0.2, 0) is 14.8 Å². The van der Waals surface area contributed by atoms with E-state index in [9.17, 15) is 27.9 Å². The van der Waals surface area contributed by atoms with E-state index in [1.54, 1.807) is 6.26 Å². The van der Waals surface area contributed by atoms with E-state index in [-0.39, 0.29) is 28.4 Å². The van der Waals surface area contributed by atoms with Crippen molar-refractivity contribution in [3.05, 3.63) is 35.1 Å². The van der Waals surface area contributed by atoms with Crippen molar-refractivity contribution in [3.63, 3.8) is 0 Å². The van der Waals surface area contributed by atoms with Gasteiger partial charge in [-0.1, -0.05) is 0 Å². The topological polar surface area (TPSA) is 173 Å². The number of nitrogens with zero attached hydrogens (tertiary/aromatic N) is 3. The second kappa shape index (κ2) is 8.67. The SMILES string of the molecule is CSc1cncc(C(=O)N[C@H]2C[C@H](C(=O)O)N(C(=O)c3ccsc3S(N)(=O)=O)C2)n1. The monoisotopic (exact) mass is 471 g/mol. The van der Waals surface area contributed by atoms with Crippen molar-refractivity contribution >= 4 is 50.9 Å². The summed E-state index contributed by atoms with van der Waals surface area (Å²) in [5, 5.41) is 19.2. The number of carbonyl (C=O) groups excluding carboxylic acids is 2. The lowest BCUT2D eigenvalue weighted by atomic mass is 10.1. The van der Waals surface area contributed by atoms with Crippen molar-refractivity contribution in [2.75, 3.05) is 12.8 Å². The average Bonchev–Trinajstić information content (AvgIpc) is 3.34. The van der Waals surface area contributed by atoms with Crippen LogP contribution < -0.4 is 10.5 Å². The van der Waals surface area contributed by atoms with Gasteiger partial charge in [0.25, 0.3) is 11.8 Å². The molecule has 4 N–H and O–H groups in total. The van der Waals surface area contributed by atoms with Crippen molar-refractivity contribution in [2.45, 2.75) is 27.7 Å². The third kappa shape index (κ3) is 4.61. The first-order chi connectivity index (χ1) is 14.1. The summed E-state index contributed by atoms with van der Waals surface area (Å²) in [5.74, 6) is -2.60. The Bertz CT molecular complexity index is 1100. The maximum Gasteiger partial charge on any atom is 0.326 e. The standard InChI is InChI=1S/C16H17N5O6S3/c1-28-12-6-18-5-10(20-12)13(22)19-8-4-11(15(24)25)21(7-8)14(23)9-2-3-29-16(9)30(17,26)27/h2-3,5-6,8,11H,4,7H2,1H3,(H,19,22)(H,24,25)(H2,17,26,27)/t8-,11+/m0/s1. The fourth-order valence-electron chi connectivity index (χ4n) is 3.04. The van der Waals surface area contributed by atoms with E-state index in [0.29, 0.717) is 5.03 Å². The number of primary sulfonamides is 1. The summed E-state index contributed by atoms with van der Waals surface area (Å²) >= 11 is 2.08. The summed E-state index contributed by atoms with van der Waals surface area (Å²) in [5.41, 5.74) is -0.132. The Labute approximate surface area is 179 Å². The number of thioether (sulfide) groups is 1. The van der Waals surface area contributed by atoms with Gasteiger partial charge in [-0.05, 0) is 17.7 Å². The van der Waals surface area contributed by atoms with Crippen LogP contribution in [0.15, 0.2) is 33.1 Å². The summed E-state index contributed by atoms with van der Waals surface area (Å²) in [6, 6.07) is -0.625. The number of thiophene rings is 1. The molecule has 1 aliphatic heterocycles. The number of aromatic nitrogens is 2. The molecule has 160 valence electrons. The maximum absolute atomic E-state index is 12.9. The molecule has 30 heavy (non-hydrogen) atoms. The largest absolute Gasteiger partial charge is 0.480 e. The average molecular weight is 472 g/mol. The summed E-state index contributed by atoms with van der Waals surface area (Å²) < 4.78 is 23.1. The predicted molar refractivity (Wildman–Crippen MR) is 108 cm³/mol. The lowest BCUT2D eigenvalue weighted by molar-refractivity contribution is -0.141. The zero-order valence-electron chi connectivity index (χ0n) is 15.5. The Morgan fingerprint density at radius 3 is 2.73 bits per heavy atom. The molecule has 0 unspecified atom stereocenters. The van der Waals surface area contributed by atoms with Crippen molar-refractivity contribution in [1.29, 1.82) is 0 Å². The highest BCUT2D eigenvalue weighted by Crippen LogP contribution is 2.27. The summed E-state index contributed by atoms with van der Waals surface area (Å²) in [4.78, 5) is 46.1. The summed E-state index contributed by atoms with van der Waals surface area (Å²) in [6.07, 6.45) is 4.52. The van der Waals surface area contributed by atoms with Crippen LogP contribution in [0.4, 0.5) is 0 Å². The van der Waals surface area contributed by atoms with Gasteiger partial charge in [-0.3, -0.25) is 14.6 Å². The number of hydrogen-bond donors (Lipinski definition) is 3. The number of nitrogens with two attached hydrogens (primary N) is 1. The molecule has 2 aromatic rings. The summed E-state index contributed by atoms with van der Waals surface area (Å²) in [6.45, 7) is -0.114. The molecule has 0 bridgehead atoms. The lowest BCUT2D eigenvalue weighted by Gasteiger charge is -2.21. The highest BCUT2D eigenvalue weighted by atomic mass is 32.2. The van der Waals surface area contributed by atoms with E-state index in [1.807, 2.05) is 0 Å². The number of aliphatic carboxylic acids is 1. The number of carbonyl (C=O) groups is 3. The molecular weight excluding hydrogens is 454 g/mol. The molecular formula is C16H17N5O6S3. The van der Waals surface area contributed by atoms with Crippen molar-refractivity contribution in [2.24, 2.45) is 5.14 Å². The van der Waals surface area contributed by atoms with Gasteiger partial charge in [0, 0.05) is 19.0 Å². The molecule has 1 fully saturated rings. The Kier molecular flexibility index (Phi) is 6.40. The first-order valence-corrected chi connectivity index (χ1v) is 12.1. The van der Waals surface area contributed by atoms with Crippen LogP contribution in [0.3, 0.4) is 0 Å². The lowest BCUT2D eigenvalue weighted by Crippen LogP contribution is -2.42. The van der Waals surface area contributed by atoms with Gasteiger partial charge in [-0.2, -0.15) is 0 Å². The molecule has 0 aliphatic carbocycles. The third-order valence-corrected chi connectivity index (χ3v) is 7.40. The van der Waals surface area contributed by atoms with Gasteiger partial charge >= 0.3 is 5.97 Å². The molecule has 2 amide bonds. The smallest absolute Gasteiger partial charge is 0.326 e. The molecule has 1 saturated heterocycles. The molecule has 0 radical (unpaired) electrons. The molecule has 1 aliphatic rings. The van der Waals surface area contributed by atoms with E-state index in [2.05, 4.69) is 15.3 Å². The minimum absolute atomic E-state index is 0.0443. The number of hydrogen-bond acceptors (Lipinski definition) is 9. The van der Waals surface area contributed by atoms with Crippen LogP contribution in [0.2, 0.25) is 0 Å². The molecule has 3 heterocycles. The summed E-state index contributed by atoms with van der Waals surface area (Å²) in [7, 11) is -4.14. The number of carboxylic acids is 1. The van der Waals surface area contributed by atoms with Crippen molar-refractivity contribution < 1.29 is 27.9 Å². The molecule has 14 heteroatoms. The molecule has 0 spiro atoms. The maximum atomic E-state index is 12.9. The number of carboxylic acid groups (broad SMARTS) is 1. The normalized spacial score (nSPS) is 18.9. The Hall–Kier alpha value is -2.55. The zero-order valence-corrected chi connectivity index (χ0v) is 18.0. The molecule has 2 atom stereocenters. The van der Waals surface area contributed by atoms with E-state index >= 15 is 0 Å². The van der Waals surface area contributed by atoms with Gasteiger partial charge in [0.1, 0.15) is 21.0 Å². The molecule has 3 rings (SSSR count). The fourth-order valence-corrected chi connectivity index (χ4v) is 5.17. The van der Waals surface area contributed by atoms with Crippen LogP contribution in [0.1, 0.15) is 27.3 Å². The second-order valence-electron chi connectivity index (χ2n) is 6.33. The van der Waals surface area contributed by atoms with Gasteiger partial charge in [0.2, 0.25) is 10.0 Å². The first-order valence-electron chi connectivity index (χ1n) is 8.42. The van der Waals surface area contributed by atoms with E-state index < -0.39 is 39.9 Å². The van der Waals surface area contributed by atoms with E-state index in [1.165, 1.54) is 35.6 Å². The Morgan fingerprint density at radius 2 is 2.10 bits per heavy atom. The highest BCUT2D eigenvalue weighted by Gasteiger charge is 2.42. The van der Waals surface area contributed by atoms with Crippen LogP contribution in [0.5, 0.6) is 0 Å². The molecule has 2 aromatic heterocycles. The first kappa shape index (κ1) is 22.1. The van der Waals surface area contributed by atoms with Crippen LogP contribution in [0.25, 0.3) is 0 Å². The molecule has 11 nitrogen and oxygen atoms in total. The number of likely N-dealkylation sites (tertiary alicyclic amines) is 1. The minimum atomic E-state index is -4.14. The van der Waals surface area contributed by atoms with Crippen LogP contribution >= 0.6 is 23.1 Å². The van der Waals surface area contributed by atoms with Gasteiger partial charge in [0.05, 0.1) is 18.0 Å². The fraction of sp³-hybridized carbons (Fsp3) is 0.312. The van der Waals surface area contributed by atoms with Gasteiger partial charge < -0.3 is 15.3 Å². The van der Waals surface area contributed by atoms with Gasteiger partial charge in [-0.15, -0.1) is 23.1 Å². The number of amides is 2.